The van der Waals surface area contributed by atoms with Gasteiger partial charge >= 0.3 is 0 Å². The molecule has 2 heterocycles. The number of rotatable bonds is 9. The van der Waals surface area contributed by atoms with Crippen LogP contribution >= 0.6 is 0 Å². The van der Waals surface area contributed by atoms with Crippen LogP contribution in [0.25, 0.3) is 0 Å². The Hall–Kier alpha value is -1.53. The summed E-state index contributed by atoms with van der Waals surface area (Å²) < 4.78 is 10.6. The van der Waals surface area contributed by atoms with Crippen LogP contribution < -0.4 is 10.6 Å². The molecule has 2 fully saturated rings. The third-order valence-electron chi connectivity index (χ3n) is 5.91. The zero-order valence-corrected chi connectivity index (χ0v) is 17.5. The van der Waals surface area contributed by atoms with E-state index in [1.165, 1.54) is 44.9 Å². The fourth-order valence-electron chi connectivity index (χ4n) is 4.23. The van der Waals surface area contributed by atoms with Crippen molar-refractivity contribution in [2.45, 2.75) is 69.9 Å². The van der Waals surface area contributed by atoms with Gasteiger partial charge in [0.1, 0.15) is 5.76 Å². The first-order valence-electron chi connectivity index (χ1n) is 11.1. The molecule has 1 aromatic heterocycles. The summed E-state index contributed by atoms with van der Waals surface area (Å²) in [7, 11) is 1.78. The molecule has 0 radical (unpaired) electrons. The first kappa shape index (κ1) is 21.2. The topological polar surface area (TPSA) is 62.0 Å². The van der Waals surface area contributed by atoms with Crippen LogP contribution in [0.3, 0.4) is 0 Å². The second-order valence-corrected chi connectivity index (χ2v) is 8.15. The molecule has 2 N–H and O–H groups in total. The number of furan rings is 1. The summed E-state index contributed by atoms with van der Waals surface area (Å²) in [5.74, 6) is 2.00. The number of guanidine groups is 1. The lowest BCUT2D eigenvalue weighted by Gasteiger charge is -2.34. The second kappa shape index (κ2) is 12.1. The predicted molar refractivity (Wildman–Crippen MR) is 114 cm³/mol. The molecule has 1 saturated heterocycles. The van der Waals surface area contributed by atoms with Gasteiger partial charge in [-0.15, -0.1) is 0 Å². The van der Waals surface area contributed by atoms with Gasteiger partial charge < -0.3 is 24.7 Å². The van der Waals surface area contributed by atoms with Gasteiger partial charge in [0.25, 0.3) is 0 Å². The van der Waals surface area contributed by atoms with Crippen molar-refractivity contribution in [2.24, 2.45) is 4.99 Å². The molecule has 0 atom stereocenters. The molecule has 1 aromatic rings. The van der Waals surface area contributed by atoms with E-state index in [-0.39, 0.29) is 0 Å². The highest BCUT2D eigenvalue weighted by molar-refractivity contribution is 5.80. The molecule has 1 saturated carbocycles. The van der Waals surface area contributed by atoms with Crippen LogP contribution in [0.5, 0.6) is 0 Å². The molecule has 1 aliphatic heterocycles. The molecule has 2 aliphatic rings. The van der Waals surface area contributed by atoms with E-state index in [0.29, 0.717) is 12.1 Å². The largest absolute Gasteiger partial charge is 0.469 e. The molecule has 6 nitrogen and oxygen atoms in total. The van der Waals surface area contributed by atoms with Gasteiger partial charge in [-0.05, 0) is 44.2 Å². The third-order valence-corrected chi connectivity index (χ3v) is 5.91. The fraction of sp³-hybridized carbons (Fsp3) is 0.773. The highest BCUT2D eigenvalue weighted by Crippen LogP contribution is 2.17. The number of ether oxygens (including phenoxy) is 1. The van der Waals surface area contributed by atoms with Crippen LogP contribution in [0.1, 0.15) is 57.1 Å². The summed E-state index contributed by atoms with van der Waals surface area (Å²) in [4.78, 5) is 7.43. The smallest absolute Gasteiger partial charge is 0.191 e. The van der Waals surface area contributed by atoms with Gasteiger partial charge in [0.05, 0.1) is 6.26 Å². The highest BCUT2D eigenvalue weighted by atomic mass is 16.5. The van der Waals surface area contributed by atoms with Crippen LogP contribution in [0.15, 0.2) is 27.8 Å². The van der Waals surface area contributed by atoms with E-state index >= 15 is 0 Å². The summed E-state index contributed by atoms with van der Waals surface area (Å²) in [5.41, 5.74) is 0. The van der Waals surface area contributed by atoms with E-state index in [9.17, 15) is 0 Å². The summed E-state index contributed by atoms with van der Waals surface area (Å²) >= 11 is 0. The molecular weight excluding hydrogens is 352 g/mol. The van der Waals surface area contributed by atoms with Gasteiger partial charge in [0.15, 0.2) is 5.96 Å². The van der Waals surface area contributed by atoms with Crippen LogP contribution in [0.4, 0.5) is 0 Å². The van der Waals surface area contributed by atoms with E-state index in [4.69, 9.17) is 14.1 Å². The third kappa shape index (κ3) is 7.47. The molecule has 1 aliphatic carbocycles. The van der Waals surface area contributed by atoms with Crippen LogP contribution in [0.2, 0.25) is 0 Å². The van der Waals surface area contributed by atoms with E-state index in [0.717, 1.165) is 57.3 Å². The van der Waals surface area contributed by atoms with Crippen molar-refractivity contribution in [1.29, 1.82) is 0 Å². The minimum atomic E-state index is 0.511. The molecule has 158 valence electrons. The standard InChI is InChI=1S/C22H38N4O2/c1-27-17-6-14-26-15-11-20(12-16-26)25-22(24-19-7-3-2-4-8-19)23-13-10-21-9-5-18-28-21/h5,9,18-20H,2-4,6-8,10-17H2,1H3,(H2,23,24,25). The molecule has 0 bridgehead atoms. The van der Waals surface area contributed by atoms with Crippen LogP contribution in [-0.4, -0.2) is 62.8 Å². The van der Waals surface area contributed by atoms with Crippen molar-refractivity contribution in [3.05, 3.63) is 24.2 Å². The van der Waals surface area contributed by atoms with Gasteiger partial charge in [-0.2, -0.15) is 0 Å². The van der Waals surface area contributed by atoms with E-state index < -0.39 is 0 Å². The Morgan fingerprint density at radius 1 is 1.14 bits per heavy atom. The summed E-state index contributed by atoms with van der Waals surface area (Å²) in [6, 6.07) is 5.05. The number of likely N-dealkylation sites (tertiary alicyclic amines) is 1. The maximum atomic E-state index is 5.44. The molecule has 6 heteroatoms. The van der Waals surface area contributed by atoms with Crippen molar-refractivity contribution in [1.82, 2.24) is 15.5 Å². The average molecular weight is 391 g/mol. The Morgan fingerprint density at radius 3 is 2.57 bits per heavy atom. The van der Waals surface area contributed by atoms with Gasteiger partial charge in [-0.1, -0.05) is 19.3 Å². The SMILES string of the molecule is COCCCN1CCC(NC(=NCCc2ccco2)NC2CCCCC2)CC1. The molecule has 0 amide bonds. The van der Waals surface area contributed by atoms with Gasteiger partial charge in [-0.3, -0.25) is 4.99 Å². The van der Waals surface area contributed by atoms with Crippen molar-refractivity contribution in [2.75, 3.05) is 39.9 Å². The summed E-state index contributed by atoms with van der Waals surface area (Å²) in [6.07, 6.45) is 12.6. The molecule has 0 unspecified atom stereocenters. The van der Waals surface area contributed by atoms with E-state index in [2.05, 4.69) is 15.5 Å². The number of methoxy groups -OCH3 is 1. The summed E-state index contributed by atoms with van der Waals surface area (Å²) in [5, 5.41) is 7.44. The monoisotopic (exact) mass is 390 g/mol. The number of hydrogen-bond acceptors (Lipinski definition) is 4. The Kier molecular flexibility index (Phi) is 9.17. The van der Waals surface area contributed by atoms with Gasteiger partial charge in [0, 0.05) is 58.4 Å². The van der Waals surface area contributed by atoms with Crippen molar-refractivity contribution < 1.29 is 9.15 Å². The number of hydrogen-bond donors (Lipinski definition) is 2. The number of aliphatic imine (C=N–C) groups is 1. The molecule has 3 rings (SSSR count). The van der Waals surface area contributed by atoms with Crippen molar-refractivity contribution in [3.8, 4) is 0 Å². The number of nitrogens with zero attached hydrogens (tertiary/aromatic N) is 2. The minimum absolute atomic E-state index is 0.511. The summed E-state index contributed by atoms with van der Waals surface area (Å²) in [6.45, 7) is 5.07. The van der Waals surface area contributed by atoms with Crippen molar-refractivity contribution in [3.63, 3.8) is 0 Å². The van der Waals surface area contributed by atoms with Crippen LogP contribution in [0, 0.1) is 0 Å². The molecule has 0 aromatic carbocycles. The molecule has 28 heavy (non-hydrogen) atoms. The lowest BCUT2D eigenvalue weighted by molar-refractivity contribution is 0.155. The first-order valence-corrected chi connectivity index (χ1v) is 11.1. The predicted octanol–water partition coefficient (Wildman–Crippen LogP) is 3.19. The van der Waals surface area contributed by atoms with Crippen molar-refractivity contribution >= 4 is 5.96 Å². The maximum Gasteiger partial charge on any atom is 0.191 e. The molecule has 0 spiro atoms. The zero-order valence-electron chi connectivity index (χ0n) is 17.5. The number of nitrogens with one attached hydrogen (secondary N) is 2. The number of piperidine rings is 1. The average Bonchev–Trinajstić information content (AvgIpc) is 3.24. The zero-order chi connectivity index (χ0) is 19.4. The Balaban J connectivity index is 1.47. The first-order chi connectivity index (χ1) is 13.8. The van der Waals surface area contributed by atoms with Gasteiger partial charge in [-0.25, -0.2) is 0 Å². The Morgan fingerprint density at radius 2 is 1.89 bits per heavy atom. The fourth-order valence-corrected chi connectivity index (χ4v) is 4.23. The molecular formula is C22H38N4O2. The quantitative estimate of drug-likeness (QED) is 0.385. The maximum absolute atomic E-state index is 5.44. The van der Waals surface area contributed by atoms with E-state index in [1.807, 2.05) is 12.1 Å². The Labute approximate surface area is 170 Å². The van der Waals surface area contributed by atoms with E-state index in [1.54, 1.807) is 13.4 Å². The van der Waals surface area contributed by atoms with Gasteiger partial charge in [0.2, 0.25) is 0 Å². The van der Waals surface area contributed by atoms with Crippen LogP contribution in [-0.2, 0) is 11.2 Å². The minimum Gasteiger partial charge on any atom is -0.469 e. The Bertz CT molecular complexity index is 547. The second-order valence-electron chi connectivity index (χ2n) is 8.15. The highest BCUT2D eigenvalue weighted by Gasteiger charge is 2.21. The normalized spacial score (nSPS) is 20.4. The lowest BCUT2D eigenvalue weighted by Crippen LogP contribution is -2.51. The lowest BCUT2D eigenvalue weighted by atomic mass is 9.95.